The smallest absolute Gasteiger partial charge is 0.410 e. The molecule has 2 fully saturated rings. The molecule has 1 aliphatic carbocycles. The molecular weight excluding hydrogens is 448 g/mol. The molecule has 35 heavy (non-hydrogen) atoms. The number of carbonyl (C=O) groups is 3. The number of ether oxygens (including phenoxy) is 1. The van der Waals surface area contributed by atoms with Gasteiger partial charge in [-0.05, 0) is 76.8 Å². The first-order chi connectivity index (χ1) is 16.5. The van der Waals surface area contributed by atoms with Crippen molar-refractivity contribution in [3.63, 3.8) is 0 Å². The molecule has 1 saturated carbocycles. The Labute approximate surface area is 205 Å². The molecule has 1 N–H and O–H groups in total. The zero-order valence-corrected chi connectivity index (χ0v) is 21.3. The fourth-order valence-corrected chi connectivity index (χ4v) is 5.44. The highest BCUT2D eigenvalue weighted by Crippen LogP contribution is 2.33. The number of rotatable bonds is 4. The minimum absolute atomic E-state index is 0.162. The van der Waals surface area contributed by atoms with Gasteiger partial charge in [0.05, 0.1) is 11.0 Å². The number of amides is 3. The molecule has 4 rings (SSSR count). The summed E-state index contributed by atoms with van der Waals surface area (Å²) in [6.45, 7) is 5.62. The average molecular weight is 485 g/mol. The lowest BCUT2D eigenvalue weighted by Crippen LogP contribution is -2.44. The Morgan fingerprint density at radius 3 is 2.43 bits per heavy atom. The van der Waals surface area contributed by atoms with Gasteiger partial charge in [-0.25, -0.2) is 9.59 Å². The lowest BCUT2D eigenvalue weighted by atomic mass is 9.82. The predicted octanol–water partition coefficient (Wildman–Crippen LogP) is 3.29. The molecule has 1 aromatic carbocycles. The third-order valence-corrected chi connectivity index (χ3v) is 7.26. The highest BCUT2D eigenvalue weighted by molar-refractivity contribution is 6.00. The lowest BCUT2D eigenvalue weighted by molar-refractivity contribution is -0.135. The third-order valence-electron chi connectivity index (χ3n) is 7.26. The van der Waals surface area contributed by atoms with Crippen LogP contribution >= 0.6 is 0 Å². The Balaban J connectivity index is 1.49. The molecule has 1 unspecified atom stereocenters. The normalized spacial score (nSPS) is 23.3. The fourth-order valence-electron chi connectivity index (χ4n) is 5.44. The summed E-state index contributed by atoms with van der Waals surface area (Å²) < 4.78 is 8.68. The second-order valence-electron chi connectivity index (χ2n) is 10.9. The Kier molecular flexibility index (Phi) is 6.79. The van der Waals surface area contributed by atoms with Gasteiger partial charge >= 0.3 is 11.8 Å². The van der Waals surface area contributed by atoms with E-state index in [4.69, 9.17) is 4.74 Å². The van der Waals surface area contributed by atoms with Gasteiger partial charge in [-0.15, -0.1) is 0 Å². The van der Waals surface area contributed by atoms with Gasteiger partial charge in [-0.1, -0.05) is 12.1 Å². The summed E-state index contributed by atoms with van der Waals surface area (Å²) in [6.07, 6.45) is 4.87. The van der Waals surface area contributed by atoms with Crippen molar-refractivity contribution in [2.75, 3.05) is 7.05 Å². The van der Waals surface area contributed by atoms with E-state index < -0.39 is 17.6 Å². The van der Waals surface area contributed by atoms with E-state index in [0.29, 0.717) is 12.3 Å². The summed E-state index contributed by atoms with van der Waals surface area (Å²) in [4.78, 5) is 51.4. The van der Waals surface area contributed by atoms with Gasteiger partial charge in [0.25, 0.3) is 0 Å². The van der Waals surface area contributed by atoms with E-state index in [1.54, 1.807) is 16.5 Å². The quantitative estimate of drug-likeness (QED) is 0.671. The van der Waals surface area contributed by atoms with Crippen LogP contribution in [0.5, 0.6) is 0 Å². The second-order valence-corrected chi connectivity index (χ2v) is 10.9. The van der Waals surface area contributed by atoms with E-state index in [-0.39, 0.29) is 30.2 Å². The monoisotopic (exact) mass is 484 g/mol. The topological polar surface area (TPSA) is 103 Å². The van der Waals surface area contributed by atoms with E-state index in [1.165, 1.54) is 4.57 Å². The summed E-state index contributed by atoms with van der Waals surface area (Å²) >= 11 is 0. The summed E-state index contributed by atoms with van der Waals surface area (Å²) in [5, 5.41) is 2.36. The molecular formula is C26H36N4O5. The van der Waals surface area contributed by atoms with Crippen molar-refractivity contribution in [3.8, 4) is 0 Å². The van der Waals surface area contributed by atoms with Crippen LogP contribution in [0.2, 0.25) is 0 Å². The number of piperidine rings is 1. The minimum atomic E-state index is -0.682. The number of aryl methyl sites for hydroxylation is 1. The first-order valence-corrected chi connectivity index (χ1v) is 12.4. The number of benzene rings is 1. The number of nitrogens with one attached hydrogen (secondary N) is 1. The number of imide groups is 1. The van der Waals surface area contributed by atoms with Crippen molar-refractivity contribution >= 4 is 28.9 Å². The van der Waals surface area contributed by atoms with E-state index >= 15 is 0 Å². The largest absolute Gasteiger partial charge is 0.444 e. The molecule has 1 aromatic heterocycles. The number of fused-ring (bicyclic) bond motifs is 1. The van der Waals surface area contributed by atoms with Crippen molar-refractivity contribution in [1.82, 2.24) is 19.4 Å². The number of imidazole rings is 1. The number of nitrogens with zero attached hydrogens (tertiary/aromatic N) is 3. The highest BCUT2D eigenvalue weighted by Gasteiger charge is 2.33. The number of carbonyl (C=O) groups excluding carboxylic acids is 3. The third kappa shape index (κ3) is 5.13. The molecule has 0 radical (unpaired) electrons. The maximum Gasteiger partial charge on any atom is 0.410 e. The molecule has 190 valence electrons. The van der Waals surface area contributed by atoms with Crippen LogP contribution < -0.4 is 11.0 Å². The zero-order valence-electron chi connectivity index (χ0n) is 21.3. The summed E-state index contributed by atoms with van der Waals surface area (Å²) in [6, 6.07) is 5.33. The maximum absolute atomic E-state index is 13.2. The summed E-state index contributed by atoms with van der Waals surface area (Å²) in [5.74, 6) is -0.278. The van der Waals surface area contributed by atoms with Crippen LogP contribution in [0.1, 0.15) is 70.9 Å². The second kappa shape index (κ2) is 9.51. The van der Waals surface area contributed by atoms with Gasteiger partial charge in [0.1, 0.15) is 11.6 Å². The van der Waals surface area contributed by atoms with Crippen LogP contribution in [0.4, 0.5) is 4.79 Å². The van der Waals surface area contributed by atoms with Crippen LogP contribution in [0.25, 0.3) is 11.0 Å². The standard InChI is InChI=1S/C26H36N4O5/c1-26(2,3)35-25(34)28(4)18-11-9-16(10-12-18)15-17-7-6-8-19-22(17)29(5)24(33)30(19)20-13-14-21(31)27-23(20)32/h6-8,16,18,20H,9-15H2,1-5H3,(H,27,31,32). The minimum Gasteiger partial charge on any atom is -0.444 e. The van der Waals surface area contributed by atoms with Crippen LogP contribution in [-0.2, 0) is 27.8 Å². The summed E-state index contributed by atoms with van der Waals surface area (Å²) in [7, 11) is 3.55. The van der Waals surface area contributed by atoms with E-state index in [1.807, 2.05) is 40.0 Å². The Bertz CT molecular complexity index is 1200. The van der Waals surface area contributed by atoms with Crippen molar-refractivity contribution in [2.45, 2.75) is 83.4 Å². The van der Waals surface area contributed by atoms with Gasteiger partial charge in [0.2, 0.25) is 11.8 Å². The van der Waals surface area contributed by atoms with E-state index in [9.17, 15) is 19.2 Å². The molecule has 3 amide bonds. The number of hydrogen-bond acceptors (Lipinski definition) is 5. The van der Waals surface area contributed by atoms with Crippen molar-refractivity contribution in [3.05, 3.63) is 34.2 Å². The van der Waals surface area contributed by atoms with Gasteiger partial charge in [0, 0.05) is 26.6 Å². The van der Waals surface area contributed by atoms with Gasteiger partial charge in [0.15, 0.2) is 0 Å². The van der Waals surface area contributed by atoms with Gasteiger partial charge in [-0.2, -0.15) is 0 Å². The molecule has 1 aliphatic heterocycles. The Morgan fingerprint density at radius 2 is 1.80 bits per heavy atom. The van der Waals surface area contributed by atoms with Crippen LogP contribution in [0.3, 0.4) is 0 Å². The van der Waals surface area contributed by atoms with Gasteiger partial charge in [-0.3, -0.25) is 24.0 Å². The number of hydrogen-bond donors (Lipinski definition) is 1. The zero-order chi connectivity index (χ0) is 25.5. The number of para-hydroxylation sites is 1. The highest BCUT2D eigenvalue weighted by atomic mass is 16.6. The molecule has 9 nitrogen and oxygen atoms in total. The molecule has 1 saturated heterocycles. The predicted molar refractivity (Wildman–Crippen MR) is 132 cm³/mol. The molecule has 0 bridgehead atoms. The van der Waals surface area contributed by atoms with Crippen molar-refractivity contribution in [1.29, 1.82) is 0 Å². The molecule has 0 spiro atoms. The first-order valence-electron chi connectivity index (χ1n) is 12.4. The SMILES string of the molecule is CN(C(=O)OC(C)(C)C)C1CCC(Cc2cccc3c2n(C)c(=O)n3C2CCC(=O)NC2=O)CC1. The van der Waals surface area contributed by atoms with Crippen molar-refractivity contribution in [2.24, 2.45) is 13.0 Å². The average Bonchev–Trinajstić information content (AvgIpc) is 3.04. The molecule has 9 heteroatoms. The molecule has 2 aliphatic rings. The summed E-state index contributed by atoms with van der Waals surface area (Å²) in [5.41, 5.74) is 1.89. The maximum atomic E-state index is 13.2. The van der Waals surface area contributed by atoms with Crippen LogP contribution in [-0.4, -0.2) is 50.6 Å². The molecule has 1 atom stereocenters. The van der Waals surface area contributed by atoms with Gasteiger partial charge < -0.3 is 9.64 Å². The first kappa shape index (κ1) is 25.0. The lowest BCUT2D eigenvalue weighted by Gasteiger charge is -2.35. The Hall–Kier alpha value is -3.10. The van der Waals surface area contributed by atoms with Crippen LogP contribution in [0.15, 0.2) is 23.0 Å². The fraction of sp³-hybridized carbons (Fsp3) is 0.615. The molecule has 2 heterocycles. The Morgan fingerprint density at radius 1 is 1.11 bits per heavy atom. The van der Waals surface area contributed by atoms with Crippen molar-refractivity contribution < 1.29 is 19.1 Å². The van der Waals surface area contributed by atoms with E-state index in [0.717, 1.165) is 48.7 Å². The molecule has 2 aromatic rings. The number of aromatic nitrogens is 2. The van der Waals surface area contributed by atoms with Crippen LogP contribution in [0, 0.1) is 5.92 Å². The van der Waals surface area contributed by atoms with E-state index in [2.05, 4.69) is 11.4 Å².